The fraction of sp³-hybridized carbons (Fsp3) is 0.333. The molecule has 1 aliphatic carbocycles. The Kier molecular flexibility index (Phi) is 3.86. The van der Waals surface area contributed by atoms with Crippen molar-refractivity contribution in [1.29, 1.82) is 0 Å². The Bertz CT molecular complexity index is 943. The highest BCUT2D eigenvalue weighted by Crippen LogP contribution is 2.36. The Morgan fingerprint density at radius 2 is 1.08 bits per heavy atom. The number of nitrogens with zero attached hydrogens (tertiary/aromatic N) is 2. The van der Waals surface area contributed by atoms with Gasteiger partial charge in [-0.05, 0) is 13.8 Å². The van der Waals surface area contributed by atoms with E-state index in [0.29, 0.717) is 11.4 Å². The Morgan fingerprint density at radius 1 is 0.731 bits per heavy atom. The number of fused-ring (bicyclic) bond motifs is 2. The second-order valence-corrected chi connectivity index (χ2v) is 6.13. The molecule has 3 rings (SSSR count). The Hall–Kier alpha value is -3.16. The van der Waals surface area contributed by atoms with E-state index < -0.39 is 23.5 Å². The van der Waals surface area contributed by atoms with Gasteiger partial charge in [0.15, 0.2) is 5.78 Å². The summed E-state index contributed by atoms with van der Waals surface area (Å²) in [5.74, 6) is -2.42. The molecule has 0 fully saturated rings. The highest BCUT2D eigenvalue weighted by atomic mass is 16.5. The van der Waals surface area contributed by atoms with Crippen LogP contribution < -0.4 is 0 Å². The summed E-state index contributed by atoms with van der Waals surface area (Å²) in [5, 5.41) is 0. The SMILES string of the molecule is COC(=O)c1c2c(n(C)c1C)C(=O)c1c(c(C(=O)OC)c(C)n1C)C2=O. The molecule has 0 amide bonds. The topological polar surface area (TPSA) is 96.6 Å². The molecule has 0 unspecified atom stereocenters. The third-order valence-corrected chi connectivity index (χ3v) is 5.04. The van der Waals surface area contributed by atoms with Gasteiger partial charge in [-0.1, -0.05) is 0 Å². The molecule has 2 aromatic rings. The van der Waals surface area contributed by atoms with E-state index in [1.165, 1.54) is 23.4 Å². The summed E-state index contributed by atoms with van der Waals surface area (Å²) in [5.41, 5.74) is 1.09. The molecule has 0 aliphatic heterocycles. The van der Waals surface area contributed by atoms with Gasteiger partial charge in [-0.2, -0.15) is 0 Å². The second-order valence-electron chi connectivity index (χ2n) is 6.13. The maximum absolute atomic E-state index is 13.3. The van der Waals surface area contributed by atoms with E-state index in [-0.39, 0.29) is 33.6 Å². The number of hydrogen-bond acceptors (Lipinski definition) is 6. The lowest BCUT2D eigenvalue weighted by Gasteiger charge is -2.15. The van der Waals surface area contributed by atoms with Crippen molar-refractivity contribution in [1.82, 2.24) is 9.13 Å². The van der Waals surface area contributed by atoms with Crippen LogP contribution >= 0.6 is 0 Å². The van der Waals surface area contributed by atoms with Gasteiger partial charge in [-0.3, -0.25) is 9.59 Å². The standard InChI is InChI=1S/C18H18N2O6/c1-7-9(17(23)25-5)11-13(19(7)3)16(22)14-12(15(11)21)10(18(24)26-6)8(2)20(14)4/h1-6H3. The summed E-state index contributed by atoms with van der Waals surface area (Å²) >= 11 is 0. The first-order valence-corrected chi connectivity index (χ1v) is 7.83. The first-order chi connectivity index (χ1) is 12.2. The zero-order valence-corrected chi connectivity index (χ0v) is 15.3. The molecule has 0 aromatic carbocycles. The van der Waals surface area contributed by atoms with E-state index in [0.717, 1.165) is 0 Å². The lowest BCUT2D eigenvalue weighted by Crippen LogP contribution is -2.26. The first kappa shape index (κ1) is 17.7. The van der Waals surface area contributed by atoms with Crippen LogP contribution in [0.3, 0.4) is 0 Å². The fourth-order valence-corrected chi connectivity index (χ4v) is 3.52. The number of ketones is 2. The lowest BCUT2D eigenvalue weighted by molar-refractivity contribution is 0.0591. The predicted molar refractivity (Wildman–Crippen MR) is 89.8 cm³/mol. The molecule has 0 bridgehead atoms. The number of carbonyl (C=O) groups is 4. The highest BCUT2D eigenvalue weighted by Gasteiger charge is 2.43. The summed E-state index contributed by atoms with van der Waals surface area (Å²) in [6.07, 6.45) is 0. The Morgan fingerprint density at radius 3 is 1.38 bits per heavy atom. The molecule has 2 heterocycles. The van der Waals surface area contributed by atoms with Crippen LogP contribution in [0.15, 0.2) is 0 Å². The number of hydrogen-bond donors (Lipinski definition) is 0. The van der Waals surface area contributed by atoms with Gasteiger partial charge in [0.25, 0.3) is 0 Å². The fourth-order valence-electron chi connectivity index (χ4n) is 3.52. The molecule has 0 spiro atoms. The third kappa shape index (κ3) is 1.95. The van der Waals surface area contributed by atoms with Crippen molar-refractivity contribution in [3.05, 3.63) is 45.0 Å². The van der Waals surface area contributed by atoms with Gasteiger partial charge >= 0.3 is 11.9 Å². The van der Waals surface area contributed by atoms with Crippen molar-refractivity contribution < 1.29 is 28.7 Å². The highest BCUT2D eigenvalue weighted by molar-refractivity contribution is 6.32. The summed E-state index contributed by atoms with van der Waals surface area (Å²) in [4.78, 5) is 50.9. The number of rotatable bonds is 2. The molecule has 0 radical (unpaired) electrons. The van der Waals surface area contributed by atoms with Crippen LogP contribution in [0.1, 0.15) is 64.2 Å². The van der Waals surface area contributed by atoms with Gasteiger partial charge < -0.3 is 18.6 Å². The molecular formula is C18H18N2O6. The number of aromatic nitrogens is 2. The quantitative estimate of drug-likeness (QED) is 0.641. The normalized spacial score (nSPS) is 12.7. The van der Waals surface area contributed by atoms with Crippen molar-refractivity contribution in [2.24, 2.45) is 14.1 Å². The first-order valence-electron chi connectivity index (χ1n) is 7.83. The van der Waals surface area contributed by atoms with Gasteiger partial charge in [-0.15, -0.1) is 0 Å². The van der Waals surface area contributed by atoms with E-state index in [1.54, 1.807) is 27.9 Å². The number of carbonyl (C=O) groups excluding carboxylic acids is 4. The van der Waals surface area contributed by atoms with E-state index in [9.17, 15) is 19.2 Å². The van der Waals surface area contributed by atoms with Crippen LogP contribution in [-0.2, 0) is 23.6 Å². The molecule has 0 N–H and O–H groups in total. The lowest BCUT2D eigenvalue weighted by atomic mass is 9.88. The minimum atomic E-state index is -0.712. The number of ether oxygens (including phenoxy) is 2. The monoisotopic (exact) mass is 358 g/mol. The van der Waals surface area contributed by atoms with Crippen molar-refractivity contribution in [3.8, 4) is 0 Å². The van der Waals surface area contributed by atoms with Crippen molar-refractivity contribution >= 4 is 23.5 Å². The minimum absolute atomic E-state index is 0.0336. The summed E-state index contributed by atoms with van der Waals surface area (Å²) < 4.78 is 12.6. The summed E-state index contributed by atoms with van der Waals surface area (Å²) in [6, 6.07) is 0. The smallest absolute Gasteiger partial charge is 0.340 e. The summed E-state index contributed by atoms with van der Waals surface area (Å²) in [7, 11) is 5.62. The molecule has 0 saturated carbocycles. The predicted octanol–water partition coefficient (Wildman–Crippen LogP) is 1.33. The van der Waals surface area contributed by atoms with Crippen LogP contribution in [0.25, 0.3) is 0 Å². The zero-order valence-electron chi connectivity index (χ0n) is 15.3. The van der Waals surface area contributed by atoms with Crippen LogP contribution in [-0.4, -0.2) is 46.9 Å². The van der Waals surface area contributed by atoms with E-state index >= 15 is 0 Å². The molecule has 8 nitrogen and oxygen atoms in total. The van der Waals surface area contributed by atoms with Crippen LogP contribution in [0, 0.1) is 13.8 Å². The minimum Gasteiger partial charge on any atom is -0.465 e. The maximum atomic E-state index is 13.3. The molecule has 26 heavy (non-hydrogen) atoms. The third-order valence-electron chi connectivity index (χ3n) is 5.04. The maximum Gasteiger partial charge on any atom is 0.340 e. The Labute approximate surface area is 149 Å². The molecule has 1 aliphatic rings. The molecule has 136 valence electrons. The molecule has 0 saturated heterocycles. The van der Waals surface area contributed by atoms with E-state index in [1.807, 2.05) is 0 Å². The van der Waals surface area contributed by atoms with Crippen molar-refractivity contribution in [2.75, 3.05) is 14.2 Å². The van der Waals surface area contributed by atoms with Gasteiger partial charge in [0, 0.05) is 25.5 Å². The van der Waals surface area contributed by atoms with Crippen molar-refractivity contribution in [3.63, 3.8) is 0 Å². The summed E-state index contributed by atoms with van der Waals surface area (Å²) in [6.45, 7) is 3.25. The zero-order chi connectivity index (χ0) is 19.5. The molecule has 0 atom stereocenters. The average molecular weight is 358 g/mol. The van der Waals surface area contributed by atoms with Gasteiger partial charge in [-0.25, -0.2) is 9.59 Å². The average Bonchev–Trinajstić information content (AvgIpc) is 3.04. The van der Waals surface area contributed by atoms with Gasteiger partial charge in [0.05, 0.1) is 36.5 Å². The Balaban J connectivity index is 2.43. The second kappa shape index (κ2) is 5.69. The molecule has 2 aromatic heterocycles. The van der Waals surface area contributed by atoms with E-state index in [4.69, 9.17) is 9.47 Å². The largest absolute Gasteiger partial charge is 0.465 e. The van der Waals surface area contributed by atoms with Gasteiger partial charge in [0.1, 0.15) is 11.4 Å². The molecular weight excluding hydrogens is 340 g/mol. The van der Waals surface area contributed by atoms with Crippen LogP contribution in [0.5, 0.6) is 0 Å². The van der Waals surface area contributed by atoms with Crippen LogP contribution in [0.4, 0.5) is 0 Å². The number of methoxy groups -OCH3 is 2. The van der Waals surface area contributed by atoms with Gasteiger partial charge in [0.2, 0.25) is 5.78 Å². The number of esters is 2. The van der Waals surface area contributed by atoms with E-state index in [2.05, 4.69) is 0 Å². The van der Waals surface area contributed by atoms with Crippen LogP contribution in [0.2, 0.25) is 0 Å². The molecule has 8 heteroatoms. The van der Waals surface area contributed by atoms with Crippen molar-refractivity contribution in [2.45, 2.75) is 13.8 Å².